The molecule has 1 amide bonds. The fraction of sp³-hybridized carbons (Fsp3) is 0.556. The molecule has 118 valence electrons. The second-order valence-corrected chi connectivity index (χ2v) is 6.58. The summed E-state index contributed by atoms with van der Waals surface area (Å²) >= 11 is 0. The summed E-state index contributed by atoms with van der Waals surface area (Å²) in [6.07, 6.45) is 4.45. The first-order chi connectivity index (χ1) is 10.6. The minimum atomic E-state index is -0.825. The van der Waals surface area contributed by atoms with Gasteiger partial charge in [-0.15, -0.1) is 0 Å². The fourth-order valence-corrected chi connectivity index (χ4v) is 3.63. The number of carbonyl (C=O) groups excluding carboxylic acids is 1. The van der Waals surface area contributed by atoms with Crippen molar-refractivity contribution in [1.82, 2.24) is 4.90 Å². The third-order valence-corrected chi connectivity index (χ3v) is 5.16. The highest BCUT2D eigenvalue weighted by Gasteiger charge is 2.44. The molecule has 4 heteroatoms. The van der Waals surface area contributed by atoms with Gasteiger partial charge in [0.05, 0.1) is 17.9 Å². The largest absolute Gasteiger partial charge is 0.481 e. The highest BCUT2D eigenvalue weighted by molar-refractivity contribution is 5.86. The molecule has 22 heavy (non-hydrogen) atoms. The lowest BCUT2D eigenvalue weighted by molar-refractivity contribution is -0.158. The Bertz CT molecular complexity index is 566. The van der Waals surface area contributed by atoms with Crippen molar-refractivity contribution in [3.63, 3.8) is 0 Å². The Morgan fingerprint density at radius 3 is 2.32 bits per heavy atom. The number of carboxylic acids is 1. The average Bonchev–Trinajstić information content (AvgIpc) is 2.46. The Hall–Kier alpha value is -1.84. The van der Waals surface area contributed by atoms with Gasteiger partial charge in [0.25, 0.3) is 0 Å². The Morgan fingerprint density at radius 2 is 1.73 bits per heavy atom. The van der Waals surface area contributed by atoms with E-state index >= 15 is 0 Å². The lowest BCUT2D eigenvalue weighted by Gasteiger charge is -2.42. The molecule has 1 aliphatic carbocycles. The zero-order chi connectivity index (χ0) is 15.7. The third-order valence-electron chi connectivity index (χ3n) is 5.16. The molecule has 0 radical (unpaired) electrons. The van der Waals surface area contributed by atoms with Crippen LogP contribution < -0.4 is 0 Å². The number of carbonyl (C=O) groups is 2. The van der Waals surface area contributed by atoms with E-state index in [1.54, 1.807) is 0 Å². The van der Waals surface area contributed by atoms with Crippen LogP contribution in [-0.4, -0.2) is 28.4 Å². The molecule has 2 fully saturated rings. The molecule has 3 atom stereocenters. The standard InChI is InChI=1S/C18H23NO3/c1-12-5-7-13(8-6-12)16-4-2-3-11-19(16)17(20)14-9-10-15(14)18(21)22/h5-8,14-16H,2-4,9-11H2,1H3,(H,21,22). The van der Waals surface area contributed by atoms with E-state index in [4.69, 9.17) is 0 Å². The molecular formula is C18H23NO3. The molecule has 1 aliphatic heterocycles. The molecule has 1 aromatic carbocycles. The van der Waals surface area contributed by atoms with Crippen molar-refractivity contribution in [3.05, 3.63) is 35.4 Å². The third kappa shape index (κ3) is 2.74. The topological polar surface area (TPSA) is 57.6 Å². The van der Waals surface area contributed by atoms with Gasteiger partial charge in [0, 0.05) is 6.54 Å². The summed E-state index contributed by atoms with van der Waals surface area (Å²) in [4.78, 5) is 25.9. The highest BCUT2D eigenvalue weighted by atomic mass is 16.4. The predicted octanol–water partition coefficient (Wildman–Crippen LogP) is 3.16. The highest BCUT2D eigenvalue weighted by Crippen LogP contribution is 2.40. The van der Waals surface area contributed by atoms with E-state index in [2.05, 4.69) is 31.2 Å². The molecule has 1 aromatic rings. The van der Waals surface area contributed by atoms with Gasteiger partial charge in [0.2, 0.25) is 5.91 Å². The van der Waals surface area contributed by atoms with E-state index in [9.17, 15) is 14.7 Å². The van der Waals surface area contributed by atoms with Crippen LogP contribution in [0.1, 0.15) is 49.3 Å². The first-order valence-electron chi connectivity index (χ1n) is 8.18. The number of aryl methyl sites for hydroxylation is 1. The van der Waals surface area contributed by atoms with Crippen LogP contribution in [0.5, 0.6) is 0 Å². The first kappa shape index (κ1) is 15.1. The molecule has 1 saturated heterocycles. The maximum absolute atomic E-state index is 12.8. The van der Waals surface area contributed by atoms with Crippen molar-refractivity contribution in [1.29, 1.82) is 0 Å². The molecule has 1 N–H and O–H groups in total. The van der Waals surface area contributed by atoms with E-state index in [-0.39, 0.29) is 17.9 Å². The van der Waals surface area contributed by atoms with Crippen molar-refractivity contribution in [2.45, 2.75) is 45.1 Å². The fourth-order valence-electron chi connectivity index (χ4n) is 3.63. The maximum Gasteiger partial charge on any atom is 0.307 e. The second kappa shape index (κ2) is 6.11. The van der Waals surface area contributed by atoms with Crippen LogP contribution in [0.2, 0.25) is 0 Å². The lowest BCUT2D eigenvalue weighted by atomic mass is 9.72. The van der Waals surface area contributed by atoms with Crippen LogP contribution in [0.4, 0.5) is 0 Å². The van der Waals surface area contributed by atoms with E-state index in [0.29, 0.717) is 12.8 Å². The van der Waals surface area contributed by atoms with Crippen LogP contribution in [0.25, 0.3) is 0 Å². The van der Waals surface area contributed by atoms with E-state index in [0.717, 1.165) is 25.8 Å². The summed E-state index contributed by atoms with van der Waals surface area (Å²) in [5, 5.41) is 9.19. The zero-order valence-electron chi connectivity index (χ0n) is 13.0. The molecule has 1 saturated carbocycles. The van der Waals surface area contributed by atoms with Crippen molar-refractivity contribution >= 4 is 11.9 Å². The minimum Gasteiger partial charge on any atom is -0.481 e. The van der Waals surface area contributed by atoms with Crippen molar-refractivity contribution in [2.75, 3.05) is 6.54 Å². The smallest absolute Gasteiger partial charge is 0.307 e. The number of hydrogen-bond acceptors (Lipinski definition) is 2. The van der Waals surface area contributed by atoms with E-state index in [1.165, 1.54) is 11.1 Å². The molecule has 4 nitrogen and oxygen atoms in total. The average molecular weight is 301 g/mol. The van der Waals surface area contributed by atoms with Crippen LogP contribution in [0.3, 0.4) is 0 Å². The van der Waals surface area contributed by atoms with E-state index < -0.39 is 11.9 Å². The predicted molar refractivity (Wildman–Crippen MR) is 83.3 cm³/mol. The molecule has 3 unspecified atom stereocenters. The van der Waals surface area contributed by atoms with Crippen LogP contribution in [-0.2, 0) is 9.59 Å². The SMILES string of the molecule is Cc1ccc(C2CCCCN2C(=O)C2CCC2C(=O)O)cc1. The number of rotatable bonds is 3. The van der Waals surface area contributed by atoms with Gasteiger partial charge in [0.15, 0.2) is 0 Å². The summed E-state index contributed by atoms with van der Waals surface area (Å²) < 4.78 is 0. The Labute approximate surface area is 131 Å². The lowest BCUT2D eigenvalue weighted by Crippen LogP contribution is -2.48. The summed E-state index contributed by atoms with van der Waals surface area (Å²) in [5.74, 6) is -1.57. The van der Waals surface area contributed by atoms with Crippen molar-refractivity contribution in [3.8, 4) is 0 Å². The maximum atomic E-state index is 12.8. The number of piperidine rings is 1. The molecule has 3 rings (SSSR count). The number of amides is 1. The van der Waals surface area contributed by atoms with Gasteiger partial charge in [-0.2, -0.15) is 0 Å². The van der Waals surface area contributed by atoms with Crippen LogP contribution in [0.15, 0.2) is 24.3 Å². The van der Waals surface area contributed by atoms with Crippen LogP contribution in [0, 0.1) is 18.8 Å². The Morgan fingerprint density at radius 1 is 1.05 bits per heavy atom. The number of hydrogen-bond donors (Lipinski definition) is 1. The normalized spacial score (nSPS) is 28.0. The first-order valence-corrected chi connectivity index (χ1v) is 8.18. The number of aliphatic carboxylic acids is 1. The Balaban J connectivity index is 1.79. The van der Waals surface area contributed by atoms with Gasteiger partial charge in [-0.1, -0.05) is 29.8 Å². The van der Waals surface area contributed by atoms with Crippen LogP contribution >= 0.6 is 0 Å². The molecule has 2 aliphatic rings. The molecule has 0 spiro atoms. The van der Waals surface area contributed by atoms with Gasteiger partial charge in [-0.25, -0.2) is 0 Å². The molecule has 0 bridgehead atoms. The van der Waals surface area contributed by atoms with E-state index in [1.807, 2.05) is 4.90 Å². The van der Waals surface area contributed by atoms with Crippen molar-refractivity contribution < 1.29 is 14.7 Å². The van der Waals surface area contributed by atoms with Gasteiger partial charge < -0.3 is 10.0 Å². The van der Waals surface area contributed by atoms with Gasteiger partial charge in [0.1, 0.15) is 0 Å². The molecule has 1 heterocycles. The number of benzene rings is 1. The number of nitrogens with zero attached hydrogens (tertiary/aromatic N) is 1. The number of carboxylic acid groups (broad SMARTS) is 1. The second-order valence-electron chi connectivity index (χ2n) is 6.58. The number of likely N-dealkylation sites (tertiary alicyclic amines) is 1. The minimum absolute atomic E-state index is 0.0453. The summed E-state index contributed by atoms with van der Waals surface area (Å²) in [6, 6.07) is 8.46. The van der Waals surface area contributed by atoms with Gasteiger partial charge >= 0.3 is 5.97 Å². The monoisotopic (exact) mass is 301 g/mol. The summed E-state index contributed by atoms with van der Waals surface area (Å²) in [5.41, 5.74) is 2.38. The van der Waals surface area contributed by atoms with Gasteiger partial charge in [-0.3, -0.25) is 9.59 Å². The summed E-state index contributed by atoms with van der Waals surface area (Å²) in [6.45, 7) is 2.81. The van der Waals surface area contributed by atoms with Gasteiger partial charge in [-0.05, 0) is 44.6 Å². The summed E-state index contributed by atoms with van der Waals surface area (Å²) in [7, 11) is 0. The molecular weight excluding hydrogens is 278 g/mol. The molecule has 0 aromatic heterocycles. The zero-order valence-corrected chi connectivity index (χ0v) is 13.0. The Kier molecular flexibility index (Phi) is 4.19. The quantitative estimate of drug-likeness (QED) is 0.933. The van der Waals surface area contributed by atoms with Crippen molar-refractivity contribution in [2.24, 2.45) is 11.8 Å².